The van der Waals surface area contributed by atoms with E-state index in [1.54, 1.807) is 6.33 Å². The number of imidazole rings is 1. The molecule has 0 bridgehead atoms. The molecule has 0 amide bonds. The minimum absolute atomic E-state index is 0.369. The zero-order chi connectivity index (χ0) is 13.4. The highest BCUT2D eigenvalue weighted by Gasteiger charge is 2.23. The van der Waals surface area contributed by atoms with Crippen LogP contribution < -0.4 is 0 Å². The third-order valence-corrected chi connectivity index (χ3v) is 4.34. The molecule has 0 N–H and O–H groups in total. The maximum Gasteiger partial charge on any atom is 0.161 e. The second kappa shape index (κ2) is 4.91. The molecule has 3 rings (SSSR count). The van der Waals surface area contributed by atoms with Crippen molar-refractivity contribution in [2.45, 2.75) is 45.1 Å². The molecular formula is C15H18F2N2. The summed E-state index contributed by atoms with van der Waals surface area (Å²) in [6.45, 7) is 2.22. The summed E-state index contributed by atoms with van der Waals surface area (Å²) in [5.41, 5.74) is 1.25. The van der Waals surface area contributed by atoms with E-state index in [1.807, 2.05) is 4.57 Å². The van der Waals surface area contributed by atoms with Gasteiger partial charge in [-0.3, -0.25) is 0 Å². The molecule has 19 heavy (non-hydrogen) atoms. The quantitative estimate of drug-likeness (QED) is 0.783. The van der Waals surface area contributed by atoms with Gasteiger partial charge in [0.15, 0.2) is 11.6 Å². The summed E-state index contributed by atoms with van der Waals surface area (Å²) in [4.78, 5) is 4.20. The zero-order valence-corrected chi connectivity index (χ0v) is 11.1. The number of benzene rings is 1. The van der Waals surface area contributed by atoms with Crippen LogP contribution in [-0.2, 0) is 0 Å². The van der Waals surface area contributed by atoms with Crippen LogP contribution in [0.3, 0.4) is 0 Å². The van der Waals surface area contributed by atoms with Crippen molar-refractivity contribution in [2.24, 2.45) is 5.92 Å². The number of hydrogen-bond acceptors (Lipinski definition) is 1. The molecule has 4 heteroatoms. The Morgan fingerprint density at radius 1 is 1.26 bits per heavy atom. The molecule has 1 aliphatic rings. The Morgan fingerprint density at radius 3 is 2.84 bits per heavy atom. The average molecular weight is 264 g/mol. The summed E-state index contributed by atoms with van der Waals surface area (Å²) in [6, 6.07) is 2.82. The Hall–Kier alpha value is -1.45. The van der Waals surface area contributed by atoms with Crippen molar-refractivity contribution in [2.75, 3.05) is 0 Å². The van der Waals surface area contributed by atoms with Gasteiger partial charge in [0.05, 0.1) is 17.4 Å². The maximum absolute atomic E-state index is 13.4. The van der Waals surface area contributed by atoms with Crippen LogP contribution in [0.5, 0.6) is 0 Å². The van der Waals surface area contributed by atoms with Gasteiger partial charge in [-0.2, -0.15) is 0 Å². The van der Waals surface area contributed by atoms with Gasteiger partial charge >= 0.3 is 0 Å². The highest BCUT2D eigenvalue weighted by molar-refractivity contribution is 5.75. The Morgan fingerprint density at radius 2 is 2.05 bits per heavy atom. The third kappa shape index (κ3) is 2.24. The Bertz CT molecular complexity index is 591. The molecule has 102 valence electrons. The van der Waals surface area contributed by atoms with E-state index in [2.05, 4.69) is 11.9 Å². The summed E-state index contributed by atoms with van der Waals surface area (Å²) in [5, 5.41) is 0. The predicted molar refractivity (Wildman–Crippen MR) is 70.9 cm³/mol. The molecule has 1 aromatic carbocycles. The van der Waals surface area contributed by atoms with Crippen molar-refractivity contribution in [1.29, 1.82) is 0 Å². The van der Waals surface area contributed by atoms with Gasteiger partial charge in [0.25, 0.3) is 0 Å². The van der Waals surface area contributed by atoms with E-state index in [9.17, 15) is 8.78 Å². The first-order chi connectivity index (χ1) is 9.19. The number of rotatable bonds is 2. The molecular weight excluding hydrogens is 246 g/mol. The fourth-order valence-electron chi connectivity index (χ4n) is 3.20. The van der Waals surface area contributed by atoms with Gasteiger partial charge in [0, 0.05) is 18.2 Å². The van der Waals surface area contributed by atoms with Crippen LogP contribution in [0.2, 0.25) is 0 Å². The highest BCUT2D eigenvalue weighted by Crippen LogP contribution is 2.35. The van der Waals surface area contributed by atoms with Gasteiger partial charge in [0.1, 0.15) is 0 Å². The fourth-order valence-corrected chi connectivity index (χ4v) is 3.20. The lowest BCUT2D eigenvalue weighted by Crippen LogP contribution is -2.18. The first-order valence-corrected chi connectivity index (χ1v) is 7.00. The van der Waals surface area contributed by atoms with E-state index in [0.717, 1.165) is 18.8 Å². The standard InChI is InChI=1S/C15H18F2N2/c1-2-10-4-3-5-11(6-10)19-9-18-14-7-12(16)13(17)8-15(14)19/h7-11H,2-6H2,1H3. The second-order valence-corrected chi connectivity index (χ2v) is 5.50. The van der Waals surface area contributed by atoms with Gasteiger partial charge < -0.3 is 4.57 Å². The summed E-state index contributed by atoms with van der Waals surface area (Å²) in [6.07, 6.45) is 7.61. The molecule has 2 atom stereocenters. The zero-order valence-electron chi connectivity index (χ0n) is 11.1. The average Bonchev–Trinajstić information content (AvgIpc) is 2.82. The lowest BCUT2D eigenvalue weighted by atomic mass is 9.84. The molecule has 1 fully saturated rings. The van der Waals surface area contributed by atoms with Gasteiger partial charge in [-0.05, 0) is 18.8 Å². The maximum atomic E-state index is 13.4. The Kier molecular flexibility index (Phi) is 3.25. The van der Waals surface area contributed by atoms with E-state index < -0.39 is 11.6 Å². The number of halogens is 2. The number of nitrogens with zero attached hydrogens (tertiary/aromatic N) is 2. The Labute approximate surface area is 111 Å². The van der Waals surface area contributed by atoms with Crippen molar-refractivity contribution in [3.8, 4) is 0 Å². The predicted octanol–water partition coefficient (Wildman–Crippen LogP) is 4.46. The summed E-state index contributed by atoms with van der Waals surface area (Å²) in [7, 11) is 0. The lowest BCUT2D eigenvalue weighted by Gasteiger charge is -2.29. The second-order valence-electron chi connectivity index (χ2n) is 5.50. The van der Waals surface area contributed by atoms with Gasteiger partial charge in [0.2, 0.25) is 0 Å². The first-order valence-electron chi connectivity index (χ1n) is 7.00. The van der Waals surface area contributed by atoms with Crippen LogP contribution >= 0.6 is 0 Å². The van der Waals surface area contributed by atoms with Crippen LogP contribution in [-0.4, -0.2) is 9.55 Å². The monoisotopic (exact) mass is 264 g/mol. The normalized spacial score (nSPS) is 23.9. The third-order valence-electron chi connectivity index (χ3n) is 4.34. The SMILES string of the molecule is CCC1CCCC(n2cnc3cc(F)c(F)cc32)C1. The lowest BCUT2D eigenvalue weighted by molar-refractivity contribution is 0.265. The van der Waals surface area contributed by atoms with Crippen molar-refractivity contribution in [3.05, 3.63) is 30.1 Å². The number of aromatic nitrogens is 2. The van der Waals surface area contributed by atoms with Crippen LogP contribution in [0.1, 0.15) is 45.1 Å². The molecule has 2 aromatic rings. The molecule has 1 aromatic heterocycles. The molecule has 0 aliphatic heterocycles. The molecule has 2 unspecified atom stereocenters. The molecule has 0 saturated heterocycles. The van der Waals surface area contributed by atoms with Crippen LogP contribution in [0.25, 0.3) is 11.0 Å². The first kappa shape index (κ1) is 12.6. The molecule has 2 nitrogen and oxygen atoms in total. The minimum atomic E-state index is -0.826. The summed E-state index contributed by atoms with van der Waals surface area (Å²) < 4.78 is 28.6. The van der Waals surface area contributed by atoms with Gasteiger partial charge in [-0.1, -0.05) is 26.2 Å². The molecule has 0 spiro atoms. The topological polar surface area (TPSA) is 17.8 Å². The Balaban J connectivity index is 1.98. The van der Waals surface area contributed by atoms with E-state index in [0.29, 0.717) is 17.1 Å². The fraction of sp³-hybridized carbons (Fsp3) is 0.533. The van der Waals surface area contributed by atoms with E-state index in [1.165, 1.54) is 31.4 Å². The van der Waals surface area contributed by atoms with Crippen LogP contribution in [0, 0.1) is 17.6 Å². The van der Waals surface area contributed by atoms with Crippen LogP contribution in [0.15, 0.2) is 18.5 Å². The van der Waals surface area contributed by atoms with E-state index in [-0.39, 0.29) is 0 Å². The van der Waals surface area contributed by atoms with Gasteiger partial charge in [-0.15, -0.1) is 0 Å². The number of fused-ring (bicyclic) bond motifs is 1. The van der Waals surface area contributed by atoms with Crippen molar-refractivity contribution >= 4 is 11.0 Å². The van der Waals surface area contributed by atoms with Gasteiger partial charge in [-0.25, -0.2) is 13.8 Å². The van der Waals surface area contributed by atoms with Crippen molar-refractivity contribution < 1.29 is 8.78 Å². The van der Waals surface area contributed by atoms with Crippen molar-refractivity contribution in [3.63, 3.8) is 0 Å². The summed E-state index contributed by atoms with van der Waals surface area (Å²) in [5.74, 6) is -0.883. The highest BCUT2D eigenvalue weighted by atomic mass is 19.2. The molecule has 1 heterocycles. The largest absolute Gasteiger partial charge is 0.327 e. The molecule has 0 radical (unpaired) electrons. The summed E-state index contributed by atoms with van der Waals surface area (Å²) >= 11 is 0. The van der Waals surface area contributed by atoms with E-state index >= 15 is 0 Å². The van der Waals surface area contributed by atoms with Crippen LogP contribution in [0.4, 0.5) is 8.78 Å². The smallest absolute Gasteiger partial charge is 0.161 e. The number of hydrogen-bond donors (Lipinski definition) is 0. The molecule has 1 saturated carbocycles. The minimum Gasteiger partial charge on any atom is -0.327 e. The molecule has 1 aliphatic carbocycles. The van der Waals surface area contributed by atoms with E-state index in [4.69, 9.17) is 0 Å². The van der Waals surface area contributed by atoms with Crippen molar-refractivity contribution in [1.82, 2.24) is 9.55 Å².